The minimum Gasteiger partial charge on any atom is -0.507 e. The number of phenols is 1. The smallest absolute Gasteiger partial charge is 0.275 e. The number of phenolic OH excluding ortho intramolecular Hbond substituents is 1. The molecule has 110 valence electrons. The van der Waals surface area contributed by atoms with E-state index in [4.69, 9.17) is 10.2 Å². The summed E-state index contributed by atoms with van der Waals surface area (Å²) >= 11 is 0. The van der Waals surface area contributed by atoms with E-state index in [0.29, 0.717) is 0 Å². The Morgan fingerprint density at radius 3 is 2.55 bits per heavy atom. The second-order valence-corrected chi connectivity index (χ2v) is 3.97. The molecule has 6 N–H and O–H groups in total. The van der Waals surface area contributed by atoms with Gasteiger partial charge in [-0.25, -0.2) is 5.43 Å². The highest BCUT2D eigenvalue weighted by Gasteiger charge is 2.22. The molecule has 0 bridgehead atoms. The summed E-state index contributed by atoms with van der Waals surface area (Å²) in [7, 11) is 0. The number of aromatic hydroxyl groups is 1. The Bertz CT molecular complexity index is 479. The van der Waals surface area contributed by atoms with Crippen molar-refractivity contribution in [2.24, 2.45) is 5.10 Å². The van der Waals surface area contributed by atoms with Gasteiger partial charge in [0.2, 0.25) is 0 Å². The molecule has 1 aromatic carbocycles. The van der Waals surface area contributed by atoms with Crippen LogP contribution in [0, 0.1) is 0 Å². The van der Waals surface area contributed by atoms with Crippen molar-refractivity contribution in [3.05, 3.63) is 29.8 Å². The Balaban J connectivity index is 2.57. The van der Waals surface area contributed by atoms with E-state index in [1.54, 1.807) is 12.1 Å². The third kappa shape index (κ3) is 4.28. The van der Waals surface area contributed by atoms with Crippen molar-refractivity contribution >= 4 is 12.1 Å². The number of nitrogens with one attached hydrogen (secondary N) is 1. The second-order valence-electron chi connectivity index (χ2n) is 3.97. The minimum absolute atomic E-state index is 0.00455. The Labute approximate surface area is 114 Å². The molecule has 0 aromatic heterocycles. The summed E-state index contributed by atoms with van der Waals surface area (Å²) in [6.07, 6.45) is -3.93. The number of nitrogens with zero attached hydrogens (tertiary/aromatic N) is 1. The summed E-state index contributed by atoms with van der Waals surface area (Å²) in [4.78, 5) is 11.6. The molecule has 0 aliphatic heterocycles. The fourth-order valence-electron chi connectivity index (χ4n) is 1.32. The van der Waals surface area contributed by atoms with Crippen LogP contribution in [0.1, 0.15) is 10.4 Å². The first-order valence-electron chi connectivity index (χ1n) is 5.74. The van der Waals surface area contributed by atoms with E-state index < -0.39 is 30.8 Å². The number of para-hydroxylation sites is 1. The lowest BCUT2D eigenvalue weighted by Crippen LogP contribution is -2.40. The lowest BCUT2D eigenvalue weighted by molar-refractivity contribution is -0.0542. The molecule has 20 heavy (non-hydrogen) atoms. The highest BCUT2D eigenvalue weighted by molar-refractivity contribution is 5.96. The predicted molar refractivity (Wildman–Crippen MR) is 69.2 cm³/mol. The first-order chi connectivity index (χ1) is 9.47. The average molecular weight is 284 g/mol. The standard InChI is InChI=1S/C12H16N2O6/c15-6-10(18)11(19)9(17)5-13-14-12(20)7-3-1-2-4-8(7)16/h1-5,9-11,15-19H,6H2,(H,14,20)/t9-,10-,11+/m0/s1. The number of hydrazone groups is 1. The zero-order valence-electron chi connectivity index (χ0n) is 10.4. The molecule has 0 heterocycles. The summed E-state index contributed by atoms with van der Waals surface area (Å²) in [5.74, 6) is -0.930. The van der Waals surface area contributed by atoms with Gasteiger partial charge >= 0.3 is 0 Å². The highest BCUT2D eigenvalue weighted by atomic mass is 16.4. The van der Waals surface area contributed by atoms with Crippen molar-refractivity contribution in [3.8, 4) is 5.75 Å². The van der Waals surface area contributed by atoms with Crippen LogP contribution in [0.25, 0.3) is 0 Å². The molecule has 0 saturated carbocycles. The van der Waals surface area contributed by atoms with Gasteiger partial charge in [-0.2, -0.15) is 5.10 Å². The lowest BCUT2D eigenvalue weighted by Gasteiger charge is -2.17. The number of aliphatic hydroxyl groups is 4. The van der Waals surface area contributed by atoms with Crippen LogP contribution in [-0.2, 0) is 0 Å². The normalized spacial score (nSPS) is 15.8. The number of rotatable bonds is 6. The number of benzene rings is 1. The number of amides is 1. The van der Waals surface area contributed by atoms with Crippen molar-refractivity contribution < 1.29 is 30.3 Å². The molecule has 3 atom stereocenters. The van der Waals surface area contributed by atoms with Crippen LogP contribution in [0.3, 0.4) is 0 Å². The third-order valence-corrected chi connectivity index (χ3v) is 2.47. The molecular formula is C12H16N2O6. The van der Waals surface area contributed by atoms with Crippen LogP contribution >= 0.6 is 0 Å². The number of hydrogen-bond donors (Lipinski definition) is 6. The van der Waals surface area contributed by atoms with Gasteiger partial charge in [-0.05, 0) is 12.1 Å². The van der Waals surface area contributed by atoms with Crippen LogP contribution < -0.4 is 5.43 Å². The van der Waals surface area contributed by atoms with E-state index >= 15 is 0 Å². The molecule has 0 radical (unpaired) electrons. The molecule has 0 unspecified atom stereocenters. The molecule has 0 aliphatic carbocycles. The first kappa shape index (κ1) is 16.1. The Morgan fingerprint density at radius 1 is 1.30 bits per heavy atom. The molecule has 0 saturated heterocycles. The van der Waals surface area contributed by atoms with Crippen LogP contribution in [0.5, 0.6) is 5.75 Å². The number of carbonyl (C=O) groups is 1. The summed E-state index contributed by atoms with van der Waals surface area (Å²) in [6, 6.07) is 5.80. The molecule has 1 amide bonds. The number of aliphatic hydroxyl groups excluding tert-OH is 4. The maximum Gasteiger partial charge on any atom is 0.275 e. The topological polar surface area (TPSA) is 143 Å². The van der Waals surface area contributed by atoms with Crippen molar-refractivity contribution in [1.29, 1.82) is 0 Å². The van der Waals surface area contributed by atoms with Gasteiger partial charge < -0.3 is 25.5 Å². The monoisotopic (exact) mass is 284 g/mol. The fraction of sp³-hybridized carbons (Fsp3) is 0.333. The zero-order valence-corrected chi connectivity index (χ0v) is 10.4. The van der Waals surface area contributed by atoms with Gasteiger partial charge in [0, 0.05) is 0 Å². The molecule has 0 spiro atoms. The van der Waals surface area contributed by atoms with Gasteiger partial charge in [0.05, 0.1) is 18.4 Å². The van der Waals surface area contributed by atoms with E-state index in [1.165, 1.54) is 12.1 Å². The van der Waals surface area contributed by atoms with Gasteiger partial charge in [0.1, 0.15) is 24.1 Å². The summed E-state index contributed by atoms with van der Waals surface area (Å²) in [5.41, 5.74) is 2.03. The van der Waals surface area contributed by atoms with E-state index in [9.17, 15) is 20.1 Å². The Kier molecular flexibility index (Phi) is 6.07. The third-order valence-electron chi connectivity index (χ3n) is 2.47. The van der Waals surface area contributed by atoms with Crippen molar-refractivity contribution in [2.45, 2.75) is 18.3 Å². The number of hydrogen-bond acceptors (Lipinski definition) is 7. The molecular weight excluding hydrogens is 268 g/mol. The summed E-state index contributed by atoms with van der Waals surface area (Å²) < 4.78 is 0. The SMILES string of the molecule is O=C(NN=C[C@H](O)[C@@H](O)[C@@H](O)CO)c1ccccc1O. The first-order valence-corrected chi connectivity index (χ1v) is 5.74. The van der Waals surface area contributed by atoms with Gasteiger partial charge in [-0.15, -0.1) is 0 Å². The van der Waals surface area contributed by atoms with Crippen LogP contribution in [0.15, 0.2) is 29.4 Å². The van der Waals surface area contributed by atoms with Gasteiger partial charge in [-0.3, -0.25) is 4.79 Å². The Hall–Kier alpha value is -2.00. The van der Waals surface area contributed by atoms with Crippen molar-refractivity contribution in [2.75, 3.05) is 6.61 Å². The van der Waals surface area contributed by atoms with Gasteiger partial charge in [-0.1, -0.05) is 12.1 Å². The Morgan fingerprint density at radius 2 is 1.95 bits per heavy atom. The maximum absolute atomic E-state index is 11.6. The predicted octanol–water partition coefficient (Wildman–Crippen LogP) is -1.82. The minimum atomic E-state index is -1.63. The summed E-state index contributed by atoms with van der Waals surface area (Å²) in [6.45, 7) is -0.726. The lowest BCUT2D eigenvalue weighted by atomic mass is 10.1. The molecule has 8 heteroatoms. The molecule has 0 fully saturated rings. The number of carbonyl (C=O) groups excluding carboxylic acids is 1. The van der Waals surface area contributed by atoms with E-state index in [0.717, 1.165) is 6.21 Å². The average Bonchev–Trinajstić information content (AvgIpc) is 2.45. The van der Waals surface area contributed by atoms with E-state index in [-0.39, 0.29) is 11.3 Å². The highest BCUT2D eigenvalue weighted by Crippen LogP contribution is 2.14. The largest absolute Gasteiger partial charge is 0.507 e. The molecule has 1 rings (SSSR count). The zero-order chi connectivity index (χ0) is 15.1. The van der Waals surface area contributed by atoms with Crippen LogP contribution in [-0.4, -0.2) is 62.6 Å². The van der Waals surface area contributed by atoms with Gasteiger partial charge in [0.25, 0.3) is 5.91 Å². The van der Waals surface area contributed by atoms with Crippen LogP contribution in [0.2, 0.25) is 0 Å². The quantitative estimate of drug-likeness (QED) is 0.268. The molecule has 1 aromatic rings. The van der Waals surface area contributed by atoms with E-state index in [1.807, 2.05) is 5.43 Å². The fourth-order valence-corrected chi connectivity index (χ4v) is 1.32. The summed E-state index contributed by atoms with van der Waals surface area (Å²) in [5, 5.41) is 49.2. The van der Waals surface area contributed by atoms with Crippen molar-refractivity contribution in [1.82, 2.24) is 5.43 Å². The molecule has 0 aliphatic rings. The second kappa shape index (κ2) is 7.56. The van der Waals surface area contributed by atoms with E-state index in [2.05, 4.69) is 5.10 Å². The van der Waals surface area contributed by atoms with Gasteiger partial charge in [0.15, 0.2) is 0 Å². The van der Waals surface area contributed by atoms with Crippen molar-refractivity contribution in [3.63, 3.8) is 0 Å². The van der Waals surface area contributed by atoms with Crippen LogP contribution in [0.4, 0.5) is 0 Å². The maximum atomic E-state index is 11.6. The molecule has 8 nitrogen and oxygen atoms in total.